The summed E-state index contributed by atoms with van der Waals surface area (Å²) in [7, 11) is 0. The Hall–Kier alpha value is -2.08. The number of amides is 2. The number of anilines is 1. The fourth-order valence-electron chi connectivity index (χ4n) is 2.30. The fraction of sp³-hybridized carbons (Fsp3) is 0.429. The summed E-state index contributed by atoms with van der Waals surface area (Å²) in [4.78, 5) is 16.0. The number of benzene rings is 1. The molecule has 2 aromatic rings. The van der Waals surface area contributed by atoms with Crippen molar-refractivity contribution in [3.8, 4) is 0 Å². The van der Waals surface area contributed by atoms with E-state index in [0.29, 0.717) is 22.7 Å². The molecule has 1 aromatic carbocycles. The lowest BCUT2D eigenvalue weighted by atomic mass is 9.80. The molecule has 0 aliphatic heterocycles. The molecule has 0 spiro atoms. The minimum Gasteiger partial charge on any atom is -0.441 e. The lowest BCUT2D eigenvalue weighted by Crippen LogP contribution is -2.48. The van der Waals surface area contributed by atoms with Crippen LogP contribution in [0.4, 0.5) is 10.5 Å². The number of aryl methyl sites for hydroxylation is 1. The van der Waals surface area contributed by atoms with Crippen molar-refractivity contribution in [3.63, 3.8) is 0 Å². The number of urea groups is 1. The number of nitrogens with zero attached hydrogens (tertiary/aromatic N) is 1. The lowest BCUT2D eigenvalue weighted by Gasteiger charge is -2.36. The minimum atomic E-state index is -0.718. The van der Waals surface area contributed by atoms with Gasteiger partial charge in [0.2, 0.25) is 0 Å². The van der Waals surface area contributed by atoms with Crippen LogP contribution in [0.15, 0.2) is 22.6 Å². The topological polar surface area (TPSA) is 87.4 Å². The van der Waals surface area contributed by atoms with E-state index in [0.717, 1.165) is 19.3 Å². The summed E-state index contributed by atoms with van der Waals surface area (Å²) in [5.41, 5.74) is 1.32. The molecular weight excluding hydrogens is 258 g/mol. The number of rotatable bonds is 3. The molecular formula is C14H17N3O3. The summed E-state index contributed by atoms with van der Waals surface area (Å²) in [6.07, 6.45) is 2.51. The molecule has 0 bridgehead atoms. The first-order valence-electron chi connectivity index (χ1n) is 6.69. The van der Waals surface area contributed by atoms with Crippen molar-refractivity contribution < 1.29 is 14.3 Å². The second-order valence-corrected chi connectivity index (χ2v) is 5.30. The van der Waals surface area contributed by atoms with Gasteiger partial charge in [-0.2, -0.15) is 0 Å². The predicted octanol–water partition coefficient (Wildman–Crippen LogP) is 2.17. The molecule has 0 atom stereocenters. The minimum absolute atomic E-state index is 0.282. The van der Waals surface area contributed by atoms with E-state index in [2.05, 4.69) is 15.6 Å². The smallest absolute Gasteiger partial charge is 0.319 e. The molecule has 1 fully saturated rings. The number of aliphatic hydroxyl groups is 1. The van der Waals surface area contributed by atoms with Gasteiger partial charge in [0, 0.05) is 19.2 Å². The van der Waals surface area contributed by atoms with E-state index in [9.17, 15) is 9.90 Å². The van der Waals surface area contributed by atoms with Crippen molar-refractivity contribution >= 4 is 22.8 Å². The number of hydrogen-bond acceptors (Lipinski definition) is 4. The van der Waals surface area contributed by atoms with Crippen LogP contribution in [0, 0.1) is 6.92 Å². The Morgan fingerprint density at radius 1 is 1.50 bits per heavy atom. The van der Waals surface area contributed by atoms with Crippen molar-refractivity contribution in [3.05, 3.63) is 24.1 Å². The SMILES string of the molecule is Cc1nc2cc(NC(=O)NCC3(O)CCC3)ccc2o1. The quantitative estimate of drug-likeness (QED) is 0.801. The Morgan fingerprint density at radius 3 is 3.00 bits per heavy atom. The molecule has 3 rings (SSSR count). The molecule has 1 saturated carbocycles. The molecule has 1 aromatic heterocycles. The van der Waals surface area contributed by atoms with Crippen LogP contribution in [-0.4, -0.2) is 28.3 Å². The van der Waals surface area contributed by atoms with E-state index in [-0.39, 0.29) is 12.6 Å². The van der Waals surface area contributed by atoms with E-state index < -0.39 is 5.60 Å². The number of carbonyl (C=O) groups excluding carboxylic acids is 1. The largest absolute Gasteiger partial charge is 0.441 e. The summed E-state index contributed by atoms with van der Waals surface area (Å²) < 4.78 is 5.37. The molecule has 20 heavy (non-hydrogen) atoms. The van der Waals surface area contributed by atoms with Gasteiger partial charge in [-0.1, -0.05) is 0 Å². The first kappa shape index (κ1) is 12.9. The zero-order valence-electron chi connectivity index (χ0n) is 11.3. The van der Waals surface area contributed by atoms with Crippen molar-refractivity contribution in [2.75, 3.05) is 11.9 Å². The zero-order chi connectivity index (χ0) is 14.2. The van der Waals surface area contributed by atoms with Crippen molar-refractivity contribution in [2.24, 2.45) is 0 Å². The number of hydrogen-bond donors (Lipinski definition) is 3. The monoisotopic (exact) mass is 275 g/mol. The number of carbonyl (C=O) groups is 1. The van der Waals surface area contributed by atoms with Crippen molar-refractivity contribution in [1.82, 2.24) is 10.3 Å². The van der Waals surface area contributed by atoms with E-state index in [1.807, 2.05) is 0 Å². The Balaban J connectivity index is 1.61. The van der Waals surface area contributed by atoms with Crippen LogP contribution < -0.4 is 10.6 Å². The maximum absolute atomic E-state index is 11.8. The lowest BCUT2D eigenvalue weighted by molar-refractivity contribution is -0.0287. The number of fused-ring (bicyclic) bond motifs is 1. The molecule has 0 saturated heterocycles. The Morgan fingerprint density at radius 2 is 2.30 bits per heavy atom. The van der Waals surface area contributed by atoms with Crippen LogP contribution in [0.25, 0.3) is 11.1 Å². The first-order valence-corrected chi connectivity index (χ1v) is 6.69. The van der Waals surface area contributed by atoms with Crippen molar-refractivity contribution in [2.45, 2.75) is 31.8 Å². The second kappa shape index (κ2) is 4.79. The molecule has 106 valence electrons. The van der Waals surface area contributed by atoms with Crippen LogP contribution in [-0.2, 0) is 0 Å². The molecule has 1 aliphatic carbocycles. The van der Waals surface area contributed by atoms with Gasteiger partial charge in [0.1, 0.15) is 5.52 Å². The summed E-state index contributed by atoms with van der Waals surface area (Å²) in [5, 5.41) is 15.3. The highest BCUT2D eigenvalue weighted by Crippen LogP contribution is 2.30. The van der Waals surface area contributed by atoms with Crippen molar-refractivity contribution in [1.29, 1.82) is 0 Å². The van der Waals surface area contributed by atoms with Crippen LogP contribution in [0.2, 0.25) is 0 Å². The van der Waals surface area contributed by atoms with E-state index in [1.54, 1.807) is 25.1 Å². The van der Waals surface area contributed by atoms with Crippen LogP contribution in [0.3, 0.4) is 0 Å². The molecule has 1 aliphatic rings. The van der Waals surface area contributed by atoms with E-state index >= 15 is 0 Å². The summed E-state index contributed by atoms with van der Waals surface area (Å²) in [6.45, 7) is 2.06. The van der Waals surface area contributed by atoms with Gasteiger partial charge >= 0.3 is 6.03 Å². The standard InChI is InChI=1S/C14H17N3O3/c1-9-16-11-7-10(3-4-12(11)20-9)17-13(18)15-8-14(19)5-2-6-14/h3-4,7,19H,2,5-6,8H2,1H3,(H2,15,17,18). The highest BCUT2D eigenvalue weighted by Gasteiger charge is 2.34. The highest BCUT2D eigenvalue weighted by molar-refractivity contribution is 5.91. The summed E-state index contributed by atoms with van der Waals surface area (Å²) in [5.74, 6) is 0.591. The maximum atomic E-state index is 11.8. The molecule has 3 N–H and O–H groups in total. The highest BCUT2D eigenvalue weighted by atomic mass is 16.3. The van der Waals surface area contributed by atoms with E-state index in [4.69, 9.17) is 4.42 Å². The van der Waals surface area contributed by atoms with Gasteiger partial charge in [-0.25, -0.2) is 9.78 Å². The molecule has 0 unspecified atom stereocenters. The van der Waals surface area contributed by atoms with Crippen LogP contribution >= 0.6 is 0 Å². The van der Waals surface area contributed by atoms with Gasteiger partial charge in [-0.05, 0) is 37.5 Å². The Bertz CT molecular complexity index is 646. The zero-order valence-corrected chi connectivity index (χ0v) is 11.3. The number of aromatic nitrogens is 1. The summed E-state index contributed by atoms with van der Waals surface area (Å²) >= 11 is 0. The predicted molar refractivity (Wildman–Crippen MR) is 74.6 cm³/mol. The van der Waals surface area contributed by atoms with Crippen LogP contribution in [0.5, 0.6) is 0 Å². The molecule has 0 radical (unpaired) electrons. The van der Waals surface area contributed by atoms with Gasteiger partial charge in [0.05, 0.1) is 5.60 Å². The third-order valence-electron chi connectivity index (χ3n) is 3.61. The molecule has 6 nitrogen and oxygen atoms in total. The number of oxazole rings is 1. The van der Waals surface area contributed by atoms with Gasteiger partial charge in [0.25, 0.3) is 0 Å². The fourth-order valence-corrected chi connectivity index (χ4v) is 2.30. The van der Waals surface area contributed by atoms with Crippen LogP contribution in [0.1, 0.15) is 25.2 Å². The Labute approximate surface area is 116 Å². The number of nitrogens with one attached hydrogen (secondary N) is 2. The normalized spacial score (nSPS) is 16.7. The van der Waals surface area contributed by atoms with Gasteiger partial charge < -0.3 is 20.2 Å². The maximum Gasteiger partial charge on any atom is 0.319 e. The van der Waals surface area contributed by atoms with Gasteiger partial charge in [-0.3, -0.25) is 0 Å². The summed E-state index contributed by atoms with van der Waals surface area (Å²) in [6, 6.07) is 4.95. The van der Waals surface area contributed by atoms with Gasteiger partial charge in [-0.15, -0.1) is 0 Å². The first-order chi connectivity index (χ1) is 9.54. The van der Waals surface area contributed by atoms with Gasteiger partial charge in [0.15, 0.2) is 11.5 Å². The average molecular weight is 275 g/mol. The Kier molecular flexibility index (Phi) is 3.10. The third-order valence-corrected chi connectivity index (χ3v) is 3.61. The third kappa shape index (κ3) is 2.60. The van der Waals surface area contributed by atoms with E-state index in [1.165, 1.54) is 0 Å². The molecule has 1 heterocycles. The second-order valence-electron chi connectivity index (χ2n) is 5.30. The average Bonchev–Trinajstić information content (AvgIpc) is 2.73. The molecule has 2 amide bonds. The molecule has 6 heteroatoms.